The lowest BCUT2D eigenvalue weighted by molar-refractivity contribution is 0.0305. The molecule has 112 valence electrons. The van der Waals surface area contributed by atoms with E-state index in [9.17, 15) is 4.79 Å². The molecule has 2 heterocycles. The van der Waals surface area contributed by atoms with E-state index in [-0.39, 0.29) is 18.9 Å². The molecule has 0 atom stereocenters. The van der Waals surface area contributed by atoms with Gasteiger partial charge in [0.1, 0.15) is 0 Å². The summed E-state index contributed by atoms with van der Waals surface area (Å²) in [5, 5.41) is 24.0. The number of nitrogens with zero attached hydrogens (tertiary/aromatic N) is 2. The van der Waals surface area contributed by atoms with Gasteiger partial charge >= 0.3 is 0 Å². The second-order valence-corrected chi connectivity index (χ2v) is 4.60. The van der Waals surface area contributed by atoms with Crippen LogP contribution in [0.4, 0.5) is 0 Å². The largest absolute Gasteiger partial charge is 0.394 e. The predicted molar refractivity (Wildman–Crippen MR) is 68.0 cm³/mol. The van der Waals surface area contributed by atoms with Crippen LogP contribution in [0.15, 0.2) is 10.6 Å². The molecule has 1 amide bonds. The zero-order valence-corrected chi connectivity index (χ0v) is 11.1. The molecule has 2 rings (SSSR count). The first kappa shape index (κ1) is 14.9. The minimum absolute atomic E-state index is 0.139. The topological polar surface area (TPSA) is 108 Å². The Bertz CT molecular complexity index is 426. The minimum Gasteiger partial charge on any atom is -0.394 e. The van der Waals surface area contributed by atoms with Crippen molar-refractivity contribution in [2.75, 3.05) is 39.5 Å². The molecule has 1 aromatic rings. The Morgan fingerprint density at radius 1 is 1.40 bits per heavy atom. The summed E-state index contributed by atoms with van der Waals surface area (Å²) >= 11 is 0. The van der Waals surface area contributed by atoms with E-state index < -0.39 is 11.9 Å². The monoisotopic (exact) mass is 285 g/mol. The molecule has 0 unspecified atom stereocenters. The lowest BCUT2D eigenvalue weighted by Crippen LogP contribution is -2.40. The normalized spacial score (nSPS) is 16.6. The third-order valence-corrected chi connectivity index (χ3v) is 3.05. The van der Waals surface area contributed by atoms with Gasteiger partial charge in [-0.2, -0.15) is 0 Å². The number of hydrogen-bond donors (Lipinski definition) is 3. The van der Waals surface area contributed by atoms with Gasteiger partial charge in [0.2, 0.25) is 0 Å². The molecule has 8 heteroatoms. The SMILES string of the molecule is O=C(NC(CO)CO)c1cc(CN2CCOCC2)on1. The number of nitrogens with one attached hydrogen (secondary N) is 1. The summed E-state index contributed by atoms with van der Waals surface area (Å²) in [5.74, 6) is 0.122. The number of rotatable bonds is 6. The Kier molecular flexibility index (Phi) is 5.48. The third-order valence-electron chi connectivity index (χ3n) is 3.05. The highest BCUT2D eigenvalue weighted by Gasteiger charge is 2.18. The second kappa shape index (κ2) is 7.34. The van der Waals surface area contributed by atoms with Crippen LogP contribution in [0.2, 0.25) is 0 Å². The van der Waals surface area contributed by atoms with Crippen LogP contribution in [0.25, 0.3) is 0 Å². The Labute approximate surface area is 116 Å². The van der Waals surface area contributed by atoms with Gasteiger partial charge in [0, 0.05) is 19.2 Å². The molecule has 0 spiro atoms. The maximum absolute atomic E-state index is 11.8. The summed E-state index contributed by atoms with van der Waals surface area (Å²) in [6.07, 6.45) is 0. The number of hydrogen-bond acceptors (Lipinski definition) is 7. The first-order chi connectivity index (χ1) is 9.72. The highest BCUT2D eigenvalue weighted by atomic mass is 16.5. The van der Waals surface area contributed by atoms with Gasteiger partial charge in [-0.3, -0.25) is 9.69 Å². The molecule has 0 radical (unpaired) electrons. The Morgan fingerprint density at radius 3 is 2.75 bits per heavy atom. The first-order valence-corrected chi connectivity index (χ1v) is 6.51. The highest BCUT2D eigenvalue weighted by Crippen LogP contribution is 2.09. The summed E-state index contributed by atoms with van der Waals surface area (Å²) < 4.78 is 10.4. The van der Waals surface area contributed by atoms with E-state index in [0.29, 0.717) is 25.5 Å². The van der Waals surface area contributed by atoms with Gasteiger partial charge < -0.3 is 24.8 Å². The van der Waals surface area contributed by atoms with Crippen LogP contribution < -0.4 is 5.32 Å². The molecule has 1 saturated heterocycles. The lowest BCUT2D eigenvalue weighted by Gasteiger charge is -2.25. The third kappa shape index (κ3) is 4.01. The molecular weight excluding hydrogens is 266 g/mol. The zero-order chi connectivity index (χ0) is 14.4. The molecule has 1 aromatic heterocycles. The van der Waals surface area contributed by atoms with Crippen LogP contribution in [0.3, 0.4) is 0 Å². The quantitative estimate of drug-likeness (QED) is 0.589. The van der Waals surface area contributed by atoms with Crippen LogP contribution >= 0.6 is 0 Å². The van der Waals surface area contributed by atoms with Crippen molar-refractivity contribution in [1.29, 1.82) is 0 Å². The standard InChI is InChI=1S/C12H19N3O5/c16-7-9(8-17)13-12(18)11-5-10(20-14-11)6-15-1-3-19-4-2-15/h5,9,16-17H,1-4,6-8H2,(H,13,18). The lowest BCUT2D eigenvalue weighted by atomic mass is 10.3. The number of carbonyl (C=O) groups is 1. The van der Waals surface area contributed by atoms with Gasteiger partial charge in [0.15, 0.2) is 11.5 Å². The van der Waals surface area contributed by atoms with Crippen LogP contribution in [0.5, 0.6) is 0 Å². The molecule has 1 aliphatic heterocycles. The van der Waals surface area contributed by atoms with Gasteiger partial charge in [-0.1, -0.05) is 5.16 Å². The van der Waals surface area contributed by atoms with Crippen molar-refractivity contribution in [3.8, 4) is 0 Å². The molecule has 3 N–H and O–H groups in total. The Balaban J connectivity index is 1.89. The van der Waals surface area contributed by atoms with Crippen molar-refractivity contribution in [1.82, 2.24) is 15.4 Å². The number of ether oxygens (including phenoxy) is 1. The number of carbonyl (C=O) groups excluding carboxylic acids is 1. The Hall–Kier alpha value is -1.48. The highest BCUT2D eigenvalue weighted by molar-refractivity contribution is 5.92. The van der Waals surface area contributed by atoms with Gasteiger partial charge in [0.25, 0.3) is 5.91 Å². The van der Waals surface area contributed by atoms with E-state index in [1.807, 2.05) is 0 Å². The number of aliphatic hydroxyl groups excluding tert-OH is 2. The van der Waals surface area contributed by atoms with Crippen molar-refractivity contribution in [2.24, 2.45) is 0 Å². The van der Waals surface area contributed by atoms with E-state index >= 15 is 0 Å². The summed E-state index contributed by atoms with van der Waals surface area (Å²) in [4.78, 5) is 13.9. The minimum atomic E-state index is -0.693. The fraction of sp³-hybridized carbons (Fsp3) is 0.667. The number of aliphatic hydroxyl groups is 2. The molecule has 0 aliphatic carbocycles. The van der Waals surface area contributed by atoms with E-state index in [2.05, 4.69) is 15.4 Å². The predicted octanol–water partition coefficient (Wildman–Crippen LogP) is -1.41. The average molecular weight is 285 g/mol. The van der Waals surface area contributed by atoms with Crippen LogP contribution in [0, 0.1) is 0 Å². The molecule has 1 fully saturated rings. The molecule has 0 aromatic carbocycles. The van der Waals surface area contributed by atoms with Gasteiger partial charge in [0.05, 0.1) is 39.0 Å². The van der Waals surface area contributed by atoms with E-state index in [4.69, 9.17) is 19.5 Å². The van der Waals surface area contributed by atoms with Crippen molar-refractivity contribution < 1.29 is 24.3 Å². The molecule has 1 aliphatic rings. The van der Waals surface area contributed by atoms with Crippen LogP contribution in [-0.4, -0.2) is 71.7 Å². The van der Waals surface area contributed by atoms with Crippen LogP contribution in [0.1, 0.15) is 16.2 Å². The fourth-order valence-electron chi connectivity index (χ4n) is 1.88. The van der Waals surface area contributed by atoms with Crippen LogP contribution in [-0.2, 0) is 11.3 Å². The smallest absolute Gasteiger partial charge is 0.273 e. The Morgan fingerprint density at radius 2 is 2.10 bits per heavy atom. The van der Waals surface area contributed by atoms with E-state index in [1.165, 1.54) is 0 Å². The zero-order valence-electron chi connectivity index (χ0n) is 11.1. The molecule has 20 heavy (non-hydrogen) atoms. The molecule has 0 bridgehead atoms. The summed E-state index contributed by atoms with van der Waals surface area (Å²) in [6.45, 7) is 2.93. The molecule has 0 saturated carbocycles. The van der Waals surface area contributed by atoms with Gasteiger partial charge in [-0.25, -0.2) is 0 Å². The van der Waals surface area contributed by atoms with Crippen molar-refractivity contribution in [3.63, 3.8) is 0 Å². The number of morpholine rings is 1. The van der Waals surface area contributed by atoms with Crippen molar-refractivity contribution in [2.45, 2.75) is 12.6 Å². The average Bonchev–Trinajstić information content (AvgIpc) is 2.94. The summed E-state index contributed by atoms with van der Waals surface area (Å²) in [6, 6.07) is 0.873. The van der Waals surface area contributed by atoms with Gasteiger partial charge in [-0.15, -0.1) is 0 Å². The first-order valence-electron chi connectivity index (χ1n) is 6.51. The van der Waals surface area contributed by atoms with Crippen molar-refractivity contribution in [3.05, 3.63) is 17.5 Å². The fourth-order valence-corrected chi connectivity index (χ4v) is 1.88. The van der Waals surface area contributed by atoms with Crippen molar-refractivity contribution >= 4 is 5.91 Å². The molecule has 8 nitrogen and oxygen atoms in total. The second-order valence-electron chi connectivity index (χ2n) is 4.60. The summed E-state index contributed by atoms with van der Waals surface area (Å²) in [7, 11) is 0. The van der Waals surface area contributed by atoms with E-state index in [1.54, 1.807) is 6.07 Å². The number of amides is 1. The number of aromatic nitrogens is 1. The molecular formula is C12H19N3O5. The maximum Gasteiger partial charge on any atom is 0.273 e. The van der Waals surface area contributed by atoms with E-state index in [0.717, 1.165) is 13.1 Å². The van der Waals surface area contributed by atoms with Gasteiger partial charge in [-0.05, 0) is 0 Å². The maximum atomic E-state index is 11.8. The summed E-state index contributed by atoms with van der Waals surface area (Å²) in [5.41, 5.74) is 0.139.